The first-order valence-corrected chi connectivity index (χ1v) is 9.63. The molecule has 0 radical (unpaired) electrons. The van der Waals surface area contributed by atoms with Crippen molar-refractivity contribution >= 4 is 11.4 Å². The average Bonchev–Trinajstić information content (AvgIpc) is 2.75. The second-order valence-corrected chi connectivity index (χ2v) is 7.33. The van der Waals surface area contributed by atoms with E-state index in [1.807, 2.05) is 0 Å². The number of hydrogen-bond acceptors (Lipinski definition) is 8. The van der Waals surface area contributed by atoms with Crippen molar-refractivity contribution in [3.05, 3.63) is 79.9 Å². The van der Waals surface area contributed by atoms with Crippen LogP contribution in [0.3, 0.4) is 0 Å². The van der Waals surface area contributed by atoms with E-state index in [0.29, 0.717) is 24.2 Å². The Kier molecular flexibility index (Phi) is 7.06. The second kappa shape index (κ2) is 9.72. The molecule has 2 aromatic rings. The van der Waals surface area contributed by atoms with Gasteiger partial charge >= 0.3 is 0 Å². The number of benzene rings is 2. The number of non-ortho nitro benzene ring substituents is 2. The lowest BCUT2D eigenvalue weighted by atomic mass is 10.1. The average molecular weight is 416 g/mol. The number of nitro benzene ring substituents is 2. The topological polar surface area (TPSA) is 133 Å². The van der Waals surface area contributed by atoms with Crippen molar-refractivity contribution in [3.63, 3.8) is 0 Å². The van der Waals surface area contributed by atoms with Crippen LogP contribution in [0, 0.1) is 20.2 Å². The molecule has 1 heterocycles. The van der Waals surface area contributed by atoms with Gasteiger partial charge in [0.05, 0.1) is 22.1 Å². The van der Waals surface area contributed by atoms with Crippen molar-refractivity contribution < 1.29 is 20.1 Å². The highest BCUT2D eigenvalue weighted by atomic mass is 16.6. The molecule has 1 saturated heterocycles. The van der Waals surface area contributed by atoms with Gasteiger partial charge in [-0.25, -0.2) is 0 Å². The van der Waals surface area contributed by atoms with Crippen LogP contribution in [0.15, 0.2) is 48.5 Å². The molecule has 30 heavy (non-hydrogen) atoms. The van der Waals surface area contributed by atoms with Crippen molar-refractivity contribution in [1.82, 2.24) is 9.80 Å². The van der Waals surface area contributed by atoms with Crippen LogP contribution in [0.2, 0.25) is 0 Å². The SMILES string of the molecule is O=[N+]([O-])c1ccc(C(O)CN2CCN(CC(O)c3ccc([N+](=O)[O-])cc3)CC2)cc1. The number of aliphatic hydroxyl groups is 2. The van der Waals surface area contributed by atoms with Crippen LogP contribution in [-0.4, -0.2) is 69.1 Å². The minimum absolute atomic E-state index is 0.00820. The van der Waals surface area contributed by atoms with Crippen LogP contribution < -0.4 is 0 Å². The molecule has 0 aliphatic carbocycles. The van der Waals surface area contributed by atoms with Crippen LogP contribution >= 0.6 is 0 Å². The van der Waals surface area contributed by atoms with Gasteiger partial charge < -0.3 is 10.2 Å². The Hall–Kier alpha value is -2.92. The van der Waals surface area contributed by atoms with E-state index in [0.717, 1.165) is 26.2 Å². The molecule has 1 aliphatic rings. The minimum Gasteiger partial charge on any atom is -0.387 e. The minimum atomic E-state index is -0.733. The third-order valence-corrected chi connectivity index (χ3v) is 5.30. The molecule has 10 heteroatoms. The number of β-amino-alcohol motifs (C(OH)–C–C–N with tert-alkyl or cyclic N) is 2. The van der Waals surface area contributed by atoms with Gasteiger partial charge in [-0.05, 0) is 35.4 Å². The summed E-state index contributed by atoms with van der Waals surface area (Å²) in [5.41, 5.74) is 1.26. The monoisotopic (exact) mass is 416 g/mol. The van der Waals surface area contributed by atoms with Crippen molar-refractivity contribution in [3.8, 4) is 0 Å². The number of rotatable bonds is 8. The maximum absolute atomic E-state index is 10.7. The normalized spacial score (nSPS) is 17.4. The largest absolute Gasteiger partial charge is 0.387 e. The molecule has 10 nitrogen and oxygen atoms in total. The lowest BCUT2D eigenvalue weighted by molar-refractivity contribution is -0.385. The molecule has 2 atom stereocenters. The smallest absolute Gasteiger partial charge is 0.269 e. The molecular weight excluding hydrogens is 392 g/mol. The quantitative estimate of drug-likeness (QED) is 0.492. The molecule has 2 aromatic carbocycles. The number of aliphatic hydroxyl groups excluding tert-OH is 2. The first-order valence-electron chi connectivity index (χ1n) is 9.63. The fourth-order valence-corrected chi connectivity index (χ4v) is 3.49. The van der Waals surface area contributed by atoms with Crippen molar-refractivity contribution in [2.75, 3.05) is 39.3 Å². The van der Waals surface area contributed by atoms with Gasteiger partial charge in [0.25, 0.3) is 11.4 Å². The first kappa shape index (κ1) is 21.8. The van der Waals surface area contributed by atoms with E-state index in [-0.39, 0.29) is 11.4 Å². The molecule has 0 saturated carbocycles. The summed E-state index contributed by atoms with van der Waals surface area (Å²) >= 11 is 0. The van der Waals surface area contributed by atoms with E-state index in [2.05, 4.69) is 9.80 Å². The van der Waals surface area contributed by atoms with Gasteiger partial charge in [-0.3, -0.25) is 30.0 Å². The van der Waals surface area contributed by atoms with E-state index < -0.39 is 22.1 Å². The highest BCUT2D eigenvalue weighted by Crippen LogP contribution is 2.21. The van der Waals surface area contributed by atoms with Gasteiger partial charge in [-0.15, -0.1) is 0 Å². The lowest BCUT2D eigenvalue weighted by Crippen LogP contribution is -2.48. The first-order chi connectivity index (χ1) is 14.3. The summed E-state index contributed by atoms with van der Waals surface area (Å²) in [6.45, 7) is 3.73. The zero-order valence-electron chi connectivity index (χ0n) is 16.3. The molecule has 0 amide bonds. The van der Waals surface area contributed by atoms with Gasteiger partial charge in [0.2, 0.25) is 0 Å². The van der Waals surface area contributed by atoms with Crippen molar-refractivity contribution in [1.29, 1.82) is 0 Å². The summed E-state index contributed by atoms with van der Waals surface area (Å²) < 4.78 is 0. The number of piperazine rings is 1. The van der Waals surface area contributed by atoms with Crippen molar-refractivity contribution in [2.24, 2.45) is 0 Å². The standard InChI is InChI=1S/C20H24N4O6/c25-19(15-1-5-17(6-2-15)23(27)28)13-21-9-11-22(12-10-21)14-20(26)16-3-7-18(8-4-16)24(29)30/h1-8,19-20,25-26H,9-14H2. The van der Waals surface area contributed by atoms with E-state index in [9.17, 15) is 30.4 Å². The number of nitro groups is 2. The third kappa shape index (κ3) is 5.57. The molecule has 0 aromatic heterocycles. The second-order valence-electron chi connectivity index (χ2n) is 7.33. The molecule has 2 unspecified atom stereocenters. The fourth-order valence-electron chi connectivity index (χ4n) is 3.49. The highest BCUT2D eigenvalue weighted by molar-refractivity contribution is 5.34. The molecular formula is C20H24N4O6. The van der Waals surface area contributed by atoms with E-state index in [1.165, 1.54) is 24.3 Å². The predicted octanol–water partition coefficient (Wildman–Crippen LogP) is 1.89. The number of nitrogens with zero attached hydrogens (tertiary/aromatic N) is 4. The van der Waals surface area contributed by atoms with Crippen LogP contribution in [0.4, 0.5) is 11.4 Å². The van der Waals surface area contributed by atoms with Gasteiger partial charge in [0, 0.05) is 63.5 Å². The van der Waals surface area contributed by atoms with Crippen molar-refractivity contribution in [2.45, 2.75) is 12.2 Å². The summed E-state index contributed by atoms with van der Waals surface area (Å²) in [4.78, 5) is 24.7. The maximum Gasteiger partial charge on any atom is 0.269 e. The Bertz CT molecular complexity index is 792. The Morgan fingerprint density at radius 2 is 1.00 bits per heavy atom. The summed E-state index contributed by atoms with van der Waals surface area (Å²) in [5, 5.41) is 42.3. The van der Waals surface area contributed by atoms with Gasteiger partial charge in [0.15, 0.2) is 0 Å². The Morgan fingerprint density at radius 3 is 1.27 bits per heavy atom. The Balaban J connectivity index is 1.46. The molecule has 160 valence electrons. The zero-order valence-corrected chi connectivity index (χ0v) is 16.3. The van der Waals surface area contributed by atoms with Crippen LogP contribution in [0.5, 0.6) is 0 Å². The number of hydrogen-bond donors (Lipinski definition) is 2. The maximum atomic E-state index is 10.7. The molecule has 2 N–H and O–H groups in total. The summed E-state index contributed by atoms with van der Waals surface area (Å²) in [7, 11) is 0. The highest BCUT2D eigenvalue weighted by Gasteiger charge is 2.22. The van der Waals surface area contributed by atoms with Crippen LogP contribution in [-0.2, 0) is 0 Å². The van der Waals surface area contributed by atoms with Gasteiger partial charge in [-0.1, -0.05) is 0 Å². The summed E-state index contributed by atoms with van der Waals surface area (Å²) in [6, 6.07) is 11.8. The zero-order chi connectivity index (χ0) is 21.7. The molecule has 1 aliphatic heterocycles. The lowest BCUT2D eigenvalue weighted by Gasteiger charge is -2.36. The predicted molar refractivity (Wildman–Crippen MR) is 109 cm³/mol. The Morgan fingerprint density at radius 1 is 0.700 bits per heavy atom. The molecule has 1 fully saturated rings. The summed E-state index contributed by atoms with van der Waals surface area (Å²) in [5.74, 6) is 0. The fraction of sp³-hybridized carbons (Fsp3) is 0.400. The molecule has 0 spiro atoms. The third-order valence-electron chi connectivity index (χ3n) is 5.30. The molecule has 0 bridgehead atoms. The van der Waals surface area contributed by atoms with Gasteiger partial charge in [0.1, 0.15) is 0 Å². The van der Waals surface area contributed by atoms with Gasteiger partial charge in [-0.2, -0.15) is 0 Å². The molecule has 3 rings (SSSR count). The van der Waals surface area contributed by atoms with Crippen LogP contribution in [0.1, 0.15) is 23.3 Å². The van der Waals surface area contributed by atoms with E-state index in [4.69, 9.17) is 0 Å². The summed E-state index contributed by atoms with van der Waals surface area (Å²) in [6.07, 6.45) is -1.47. The Labute approximate surface area is 173 Å². The van der Waals surface area contributed by atoms with Crippen LogP contribution in [0.25, 0.3) is 0 Å². The van der Waals surface area contributed by atoms with E-state index >= 15 is 0 Å². The van der Waals surface area contributed by atoms with E-state index in [1.54, 1.807) is 24.3 Å².